The molecule has 1 N–H and O–H groups in total. The van der Waals surface area contributed by atoms with Crippen LogP contribution in [0.2, 0.25) is 0 Å². The van der Waals surface area contributed by atoms with Crippen molar-refractivity contribution in [1.29, 1.82) is 0 Å². The van der Waals surface area contributed by atoms with Gasteiger partial charge in [0.2, 0.25) is 5.91 Å². The largest absolute Gasteiger partial charge is 0.494 e. The lowest BCUT2D eigenvalue weighted by molar-refractivity contribution is -0.126. The summed E-state index contributed by atoms with van der Waals surface area (Å²) in [6.07, 6.45) is 1.38. The molecular weight excluding hydrogens is 408 g/mol. The SMILES string of the molecule is CCOc1ccccc1CNC(=O)C(C)C1CCN(S(=O)(=O)c2cccs2)CC1. The Morgan fingerprint density at radius 3 is 2.62 bits per heavy atom. The number of ether oxygens (including phenoxy) is 1. The van der Waals surface area contributed by atoms with Gasteiger partial charge in [-0.1, -0.05) is 31.2 Å². The summed E-state index contributed by atoms with van der Waals surface area (Å²) < 4.78 is 32.8. The number of hydrogen-bond donors (Lipinski definition) is 1. The van der Waals surface area contributed by atoms with E-state index in [9.17, 15) is 13.2 Å². The smallest absolute Gasteiger partial charge is 0.252 e. The minimum atomic E-state index is -3.41. The Morgan fingerprint density at radius 1 is 1.24 bits per heavy atom. The number of nitrogens with one attached hydrogen (secondary N) is 1. The maximum atomic E-state index is 12.7. The van der Waals surface area contributed by atoms with Crippen molar-refractivity contribution in [3.63, 3.8) is 0 Å². The topological polar surface area (TPSA) is 75.7 Å². The van der Waals surface area contributed by atoms with Crippen molar-refractivity contribution in [2.75, 3.05) is 19.7 Å². The lowest BCUT2D eigenvalue weighted by atomic mass is 9.85. The zero-order valence-corrected chi connectivity index (χ0v) is 18.5. The number of para-hydroxylation sites is 1. The zero-order chi connectivity index (χ0) is 20.9. The summed E-state index contributed by atoms with van der Waals surface area (Å²) in [5.41, 5.74) is 0.951. The monoisotopic (exact) mass is 436 g/mol. The Morgan fingerprint density at radius 2 is 1.97 bits per heavy atom. The van der Waals surface area contributed by atoms with Gasteiger partial charge in [0.1, 0.15) is 9.96 Å². The van der Waals surface area contributed by atoms with Gasteiger partial charge in [0.25, 0.3) is 10.0 Å². The molecule has 2 aromatic rings. The van der Waals surface area contributed by atoms with Crippen LogP contribution in [0.25, 0.3) is 0 Å². The van der Waals surface area contributed by atoms with E-state index >= 15 is 0 Å². The molecule has 0 aliphatic carbocycles. The number of piperidine rings is 1. The van der Waals surface area contributed by atoms with Crippen molar-refractivity contribution in [2.45, 2.75) is 37.4 Å². The van der Waals surface area contributed by atoms with E-state index in [4.69, 9.17) is 4.74 Å². The van der Waals surface area contributed by atoms with Crippen molar-refractivity contribution in [1.82, 2.24) is 9.62 Å². The first-order chi connectivity index (χ1) is 13.9. The fraction of sp³-hybridized carbons (Fsp3) is 0.476. The molecule has 158 valence electrons. The van der Waals surface area contributed by atoms with E-state index in [0.717, 1.165) is 11.3 Å². The minimum absolute atomic E-state index is 0.00383. The highest BCUT2D eigenvalue weighted by Gasteiger charge is 2.33. The third-order valence-corrected chi connectivity index (χ3v) is 8.71. The van der Waals surface area contributed by atoms with Crippen molar-refractivity contribution < 1.29 is 17.9 Å². The Labute approximate surface area is 176 Å². The average molecular weight is 437 g/mol. The maximum Gasteiger partial charge on any atom is 0.252 e. The Bertz CT molecular complexity index is 905. The standard InChI is InChI=1S/C21H28N2O4S2/c1-3-27-19-8-5-4-7-18(19)15-22-21(24)16(2)17-10-12-23(13-11-17)29(25,26)20-9-6-14-28-20/h4-9,14,16-17H,3,10-13,15H2,1-2H3,(H,22,24). The number of carbonyl (C=O) groups is 1. The number of thiophene rings is 1. The predicted octanol–water partition coefficient (Wildman–Crippen LogP) is 3.50. The van der Waals surface area contributed by atoms with E-state index in [1.54, 1.807) is 17.5 Å². The molecule has 1 aliphatic rings. The number of hydrogen-bond acceptors (Lipinski definition) is 5. The van der Waals surface area contributed by atoms with Crippen molar-refractivity contribution >= 4 is 27.3 Å². The average Bonchev–Trinajstić information content (AvgIpc) is 3.28. The number of nitrogens with zero attached hydrogens (tertiary/aromatic N) is 1. The summed E-state index contributed by atoms with van der Waals surface area (Å²) in [6.45, 7) is 5.77. The number of sulfonamides is 1. The van der Waals surface area contributed by atoms with Gasteiger partial charge in [-0.25, -0.2) is 8.42 Å². The molecule has 3 rings (SSSR count). The quantitative estimate of drug-likeness (QED) is 0.687. The summed E-state index contributed by atoms with van der Waals surface area (Å²) in [4.78, 5) is 12.7. The van der Waals surface area contributed by atoms with Crippen LogP contribution in [-0.4, -0.2) is 38.3 Å². The Kier molecular flexibility index (Phi) is 7.32. The second-order valence-electron chi connectivity index (χ2n) is 7.22. The summed E-state index contributed by atoms with van der Waals surface area (Å²) in [6, 6.07) is 11.1. The molecule has 29 heavy (non-hydrogen) atoms. The highest BCUT2D eigenvalue weighted by Crippen LogP contribution is 2.30. The van der Waals surface area contributed by atoms with Crippen LogP contribution in [0.4, 0.5) is 0 Å². The zero-order valence-electron chi connectivity index (χ0n) is 16.8. The van der Waals surface area contributed by atoms with Crippen LogP contribution in [0.5, 0.6) is 5.75 Å². The molecule has 2 heterocycles. The van der Waals surface area contributed by atoms with Crippen LogP contribution in [-0.2, 0) is 21.4 Å². The van der Waals surface area contributed by atoms with Gasteiger partial charge in [-0.2, -0.15) is 4.31 Å². The lowest BCUT2D eigenvalue weighted by Crippen LogP contribution is -2.42. The van der Waals surface area contributed by atoms with Gasteiger partial charge in [0, 0.05) is 31.1 Å². The van der Waals surface area contributed by atoms with E-state index in [1.165, 1.54) is 15.6 Å². The molecule has 1 fully saturated rings. The number of carbonyl (C=O) groups excluding carboxylic acids is 1. The molecule has 1 aromatic heterocycles. The molecule has 6 nitrogen and oxygen atoms in total. The number of rotatable bonds is 8. The summed E-state index contributed by atoms with van der Waals surface area (Å²) in [5.74, 6) is 0.790. The number of benzene rings is 1. The Balaban J connectivity index is 1.53. The van der Waals surface area contributed by atoms with Crippen molar-refractivity contribution in [3.05, 3.63) is 47.3 Å². The third kappa shape index (κ3) is 5.18. The molecule has 0 bridgehead atoms. The maximum absolute atomic E-state index is 12.7. The summed E-state index contributed by atoms with van der Waals surface area (Å²) in [5, 5.41) is 4.78. The van der Waals surface area contributed by atoms with Gasteiger partial charge in [-0.15, -0.1) is 11.3 Å². The summed E-state index contributed by atoms with van der Waals surface area (Å²) in [7, 11) is -3.41. The molecule has 1 unspecified atom stereocenters. The van der Waals surface area contributed by atoms with Crippen LogP contribution >= 0.6 is 11.3 Å². The van der Waals surface area contributed by atoms with Gasteiger partial charge in [-0.3, -0.25) is 4.79 Å². The highest BCUT2D eigenvalue weighted by atomic mass is 32.2. The molecular formula is C21H28N2O4S2. The van der Waals surface area contributed by atoms with Crippen molar-refractivity contribution in [2.24, 2.45) is 11.8 Å². The molecule has 0 spiro atoms. The van der Waals surface area contributed by atoms with Crippen LogP contribution < -0.4 is 10.1 Å². The van der Waals surface area contributed by atoms with E-state index in [-0.39, 0.29) is 17.7 Å². The highest BCUT2D eigenvalue weighted by molar-refractivity contribution is 7.91. The van der Waals surface area contributed by atoms with Gasteiger partial charge in [-0.05, 0) is 43.2 Å². The molecule has 8 heteroatoms. The summed E-state index contributed by atoms with van der Waals surface area (Å²) >= 11 is 1.24. The van der Waals surface area contributed by atoms with E-state index in [2.05, 4.69) is 5.32 Å². The molecule has 0 saturated carbocycles. The first-order valence-electron chi connectivity index (χ1n) is 9.95. The molecule has 1 amide bonds. The van der Waals surface area contributed by atoms with Crippen LogP contribution in [0.15, 0.2) is 46.0 Å². The normalized spacial score (nSPS) is 17.0. The predicted molar refractivity (Wildman–Crippen MR) is 114 cm³/mol. The third-order valence-electron chi connectivity index (χ3n) is 5.43. The Hall–Kier alpha value is -1.90. The lowest BCUT2D eigenvalue weighted by Gasteiger charge is -2.33. The van der Waals surface area contributed by atoms with E-state index in [1.807, 2.05) is 38.1 Å². The molecule has 1 aromatic carbocycles. The molecule has 1 saturated heterocycles. The number of amides is 1. The van der Waals surface area contributed by atoms with Gasteiger partial charge in [0.15, 0.2) is 0 Å². The van der Waals surface area contributed by atoms with Gasteiger partial charge < -0.3 is 10.1 Å². The first-order valence-corrected chi connectivity index (χ1v) is 12.3. The fourth-order valence-corrected chi connectivity index (χ4v) is 6.27. The van der Waals surface area contributed by atoms with Crippen LogP contribution in [0.3, 0.4) is 0 Å². The first kappa shape index (κ1) is 21.8. The van der Waals surface area contributed by atoms with Crippen LogP contribution in [0, 0.1) is 11.8 Å². The van der Waals surface area contributed by atoms with Crippen molar-refractivity contribution in [3.8, 4) is 5.75 Å². The second-order valence-corrected chi connectivity index (χ2v) is 10.3. The second kappa shape index (κ2) is 9.73. The van der Waals surface area contributed by atoms with Gasteiger partial charge in [0.05, 0.1) is 6.61 Å². The molecule has 0 radical (unpaired) electrons. The van der Waals surface area contributed by atoms with E-state index < -0.39 is 10.0 Å². The van der Waals surface area contributed by atoms with Gasteiger partial charge >= 0.3 is 0 Å². The molecule has 1 atom stereocenters. The molecule has 1 aliphatic heterocycles. The fourth-order valence-electron chi connectivity index (χ4n) is 3.66. The van der Waals surface area contributed by atoms with Crippen LogP contribution in [0.1, 0.15) is 32.3 Å². The van der Waals surface area contributed by atoms with E-state index in [0.29, 0.717) is 43.3 Å². The minimum Gasteiger partial charge on any atom is -0.494 e.